The molecular formula is C11H20N2O6S. The van der Waals surface area contributed by atoms with Crippen molar-refractivity contribution in [2.24, 2.45) is 0 Å². The summed E-state index contributed by atoms with van der Waals surface area (Å²) in [4.78, 5) is 22.2. The van der Waals surface area contributed by atoms with Gasteiger partial charge in [-0.2, -0.15) is 12.7 Å². The average molecular weight is 308 g/mol. The van der Waals surface area contributed by atoms with Crippen molar-refractivity contribution in [2.45, 2.75) is 38.6 Å². The third-order valence-corrected chi connectivity index (χ3v) is 4.59. The lowest BCUT2D eigenvalue weighted by molar-refractivity contribution is -0.143. The minimum absolute atomic E-state index is 0.0847. The molecule has 2 N–H and O–H groups in total. The first-order valence-electron chi connectivity index (χ1n) is 6.53. The number of hydrogen-bond acceptors (Lipinski definition) is 5. The molecule has 0 spiro atoms. The van der Waals surface area contributed by atoms with Gasteiger partial charge in [-0.1, -0.05) is 0 Å². The number of carbonyl (C=O) groups is 2. The van der Waals surface area contributed by atoms with Crippen LogP contribution in [-0.2, 0) is 24.5 Å². The molecule has 9 heteroatoms. The molecule has 1 unspecified atom stereocenters. The van der Waals surface area contributed by atoms with E-state index in [1.807, 2.05) is 0 Å². The number of nitrogens with one attached hydrogen (secondary N) is 1. The van der Waals surface area contributed by atoms with Crippen LogP contribution in [0.25, 0.3) is 0 Å². The molecule has 8 nitrogen and oxygen atoms in total. The molecule has 0 aromatic carbocycles. The van der Waals surface area contributed by atoms with Crippen LogP contribution in [0, 0.1) is 0 Å². The SMILES string of the molecule is CCOC(=O)CCNS(=O)(=O)N1CCCCC1C(=O)O. The zero-order valence-corrected chi connectivity index (χ0v) is 12.2. The molecule has 1 saturated heterocycles. The van der Waals surface area contributed by atoms with Crippen LogP contribution in [0.15, 0.2) is 0 Å². The van der Waals surface area contributed by atoms with Gasteiger partial charge in [0.05, 0.1) is 13.0 Å². The fourth-order valence-corrected chi connectivity index (χ4v) is 3.46. The summed E-state index contributed by atoms with van der Waals surface area (Å²) >= 11 is 0. The predicted octanol–water partition coefficient (Wildman–Crippen LogP) is -0.287. The number of rotatable bonds is 7. The lowest BCUT2D eigenvalue weighted by Crippen LogP contribution is -2.52. The van der Waals surface area contributed by atoms with Crippen LogP contribution >= 0.6 is 0 Å². The molecule has 0 aromatic heterocycles. The Morgan fingerprint density at radius 2 is 2.10 bits per heavy atom. The molecule has 1 rings (SSSR count). The predicted molar refractivity (Wildman–Crippen MR) is 70.2 cm³/mol. The van der Waals surface area contributed by atoms with E-state index in [0.717, 1.165) is 4.31 Å². The highest BCUT2D eigenvalue weighted by molar-refractivity contribution is 7.87. The number of esters is 1. The van der Waals surface area contributed by atoms with Gasteiger partial charge in [0.1, 0.15) is 6.04 Å². The molecule has 1 aliphatic rings. The summed E-state index contributed by atoms with van der Waals surface area (Å²) in [5, 5.41) is 9.05. The highest BCUT2D eigenvalue weighted by Gasteiger charge is 2.36. The zero-order chi connectivity index (χ0) is 15.2. The van der Waals surface area contributed by atoms with Gasteiger partial charge in [-0.05, 0) is 26.2 Å². The van der Waals surface area contributed by atoms with Gasteiger partial charge in [-0.3, -0.25) is 9.59 Å². The second-order valence-electron chi connectivity index (χ2n) is 4.41. The van der Waals surface area contributed by atoms with E-state index in [2.05, 4.69) is 9.46 Å². The summed E-state index contributed by atoms with van der Waals surface area (Å²) in [6.45, 7) is 1.96. The number of ether oxygens (including phenoxy) is 1. The Kier molecular flexibility index (Phi) is 6.37. The lowest BCUT2D eigenvalue weighted by atomic mass is 10.1. The lowest BCUT2D eigenvalue weighted by Gasteiger charge is -2.31. The molecule has 1 atom stereocenters. The maximum atomic E-state index is 12.0. The fraction of sp³-hybridized carbons (Fsp3) is 0.818. The maximum absolute atomic E-state index is 12.0. The van der Waals surface area contributed by atoms with E-state index in [1.54, 1.807) is 6.92 Å². The second-order valence-corrected chi connectivity index (χ2v) is 6.12. The third kappa shape index (κ3) is 4.73. The molecule has 116 valence electrons. The van der Waals surface area contributed by atoms with Crippen LogP contribution < -0.4 is 4.72 Å². The summed E-state index contributed by atoms with van der Waals surface area (Å²) in [6, 6.07) is -1.04. The molecule has 20 heavy (non-hydrogen) atoms. The number of carbonyl (C=O) groups excluding carboxylic acids is 1. The van der Waals surface area contributed by atoms with Crippen molar-refractivity contribution in [1.29, 1.82) is 0 Å². The minimum atomic E-state index is -3.89. The number of carboxylic acid groups (broad SMARTS) is 1. The van der Waals surface area contributed by atoms with Crippen molar-refractivity contribution < 1.29 is 27.9 Å². The molecule has 1 aliphatic heterocycles. The molecule has 0 bridgehead atoms. The van der Waals surface area contributed by atoms with Crippen LogP contribution in [0.2, 0.25) is 0 Å². The van der Waals surface area contributed by atoms with E-state index in [-0.39, 0.29) is 26.1 Å². The molecule has 0 aliphatic carbocycles. The molecule has 0 aromatic rings. The average Bonchev–Trinajstić information content (AvgIpc) is 2.38. The maximum Gasteiger partial charge on any atom is 0.322 e. The van der Waals surface area contributed by atoms with Gasteiger partial charge in [0.15, 0.2) is 0 Å². The fourth-order valence-electron chi connectivity index (χ4n) is 2.04. The van der Waals surface area contributed by atoms with Crippen LogP contribution in [0.1, 0.15) is 32.6 Å². The first-order valence-corrected chi connectivity index (χ1v) is 7.97. The third-order valence-electron chi connectivity index (χ3n) is 2.97. The summed E-state index contributed by atoms with van der Waals surface area (Å²) in [5.74, 6) is -1.65. The van der Waals surface area contributed by atoms with Crippen molar-refractivity contribution >= 4 is 22.1 Å². The highest BCUT2D eigenvalue weighted by atomic mass is 32.2. The quantitative estimate of drug-likeness (QED) is 0.625. The monoisotopic (exact) mass is 308 g/mol. The number of carboxylic acids is 1. The van der Waals surface area contributed by atoms with E-state index in [0.29, 0.717) is 19.3 Å². The van der Waals surface area contributed by atoms with Crippen LogP contribution in [0.4, 0.5) is 0 Å². The van der Waals surface area contributed by atoms with Gasteiger partial charge in [0.2, 0.25) is 0 Å². The zero-order valence-electron chi connectivity index (χ0n) is 11.4. The van der Waals surface area contributed by atoms with Gasteiger partial charge in [0.25, 0.3) is 10.2 Å². The number of aliphatic carboxylic acids is 1. The number of hydrogen-bond donors (Lipinski definition) is 2. The van der Waals surface area contributed by atoms with Crippen molar-refractivity contribution in [3.63, 3.8) is 0 Å². The summed E-state index contributed by atoms with van der Waals surface area (Å²) in [6.07, 6.45) is 1.53. The van der Waals surface area contributed by atoms with Crippen LogP contribution in [-0.4, -0.2) is 55.5 Å². The standard InChI is InChI=1S/C11H20N2O6S/c1-2-19-10(14)6-7-12-20(17,18)13-8-4-3-5-9(13)11(15)16/h9,12H,2-8H2,1H3,(H,15,16). The van der Waals surface area contributed by atoms with Gasteiger partial charge in [0, 0.05) is 13.1 Å². The Morgan fingerprint density at radius 3 is 2.70 bits per heavy atom. The van der Waals surface area contributed by atoms with E-state index in [1.165, 1.54) is 0 Å². The Bertz CT molecular complexity index is 450. The van der Waals surface area contributed by atoms with E-state index < -0.39 is 28.2 Å². The summed E-state index contributed by atoms with van der Waals surface area (Å²) < 4.78 is 31.9. The summed E-state index contributed by atoms with van der Waals surface area (Å²) in [7, 11) is -3.89. The van der Waals surface area contributed by atoms with Crippen molar-refractivity contribution in [2.75, 3.05) is 19.7 Å². The first-order chi connectivity index (χ1) is 9.38. The van der Waals surface area contributed by atoms with Gasteiger partial charge in [-0.25, -0.2) is 4.72 Å². The van der Waals surface area contributed by atoms with Gasteiger partial charge in [-0.15, -0.1) is 0 Å². The Hall–Kier alpha value is -1.19. The van der Waals surface area contributed by atoms with Crippen molar-refractivity contribution in [3.8, 4) is 0 Å². The van der Waals surface area contributed by atoms with E-state index >= 15 is 0 Å². The number of nitrogens with zero attached hydrogens (tertiary/aromatic N) is 1. The van der Waals surface area contributed by atoms with Crippen LogP contribution in [0.5, 0.6) is 0 Å². The molecule has 0 radical (unpaired) electrons. The molecule has 1 heterocycles. The minimum Gasteiger partial charge on any atom is -0.480 e. The van der Waals surface area contributed by atoms with E-state index in [9.17, 15) is 18.0 Å². The molecule has 1 fully saturated rings. The van der Waals surface area contributed by atoms with E-state index in [4.69, 9.17) is 5.11 Å². The summed E-state index contributed by atoms with van der Waals surface area (Å²) in [5.41, 5.74) is 0. The largest absolute Gasteiger partial charge is 0.480 e. The van der Waals surface area contributed by atoms with Gasteiger partial charge < -0.3 is 9.84 Å². The Morgan fingerprint density at radius 1 is 1.40 bits per heavy atom. The normalized spacial score (nSPS) is 20.6. The molecular weight excluding hydrogens is 288 g/mol. The smallest absolute Gasteiger partial charge is 0.322 e. The second kappa shape index (κ2) is 7.55. The highest BCUT2D eigenvalue weighted by Crippen LogP contribution is 2.19. The molecule has 0 amide bonds. The Labute approximate surface area is 118 Å². The number of piperidine rings is 1. The van der Waals surface area contributed by atoms with Crippen molar-refractivity contribution in [1.82, 2.24) is 9.03 Å². The van der Waals surface area contributed by atoms with Crippen molar-refractivity contribution in [3.05, 3.63) is 0 Å². The Balaban J connectivity index is 2.58. The van der Waals surface area contributed by atoms with Gasteiger partial charge >= 0.3 is 11.9 Å². The molecule has 0 saturated carbocycles. The first kappa shape index (κ1) is 16.9. The van der Waals surface area contributed by atoms with Crippen LogP contribution in [0.3, 0.4) is 0 Å². The topological polar surface area (TPSA) is 113 Å².